The zero-order valence-corrected chi connectivity index (χ0v) is 28.4. The van der Waals surface area contributed by atoms with Crippen LogP contribution in [-0.2, 0) is 27.2 Å². The molecular formula is C34H43F3N6O6. The molecule has 1 atom stereocenters. The highest BCUT2D eigenvalue weighted by Crippen LogP contribution is 2.37. The predicted molar refractivity (Wildman–Crippen MR) is 172 cm³/mol. The van der Waals surface area contributed by atoms with E-state index in [1.807, 2.05) is 30.3 Å². The molecule has 0 spiro atoms. The standard InChI is InChI=1S/C34H43F3N6O6/c1-31(2,3)49-28(46)39-32(4,5)26(44)41(18-12-10-15-24-13-7-6-8-14-24)29(47)40-19-20-43-30(48)42(23-34(35,36)37)27(45)33(43,22-40)21-25-16-9-11-17-38-25/h6-9,11,13-14,16-17H,10,12,15,18-23H2,1-5H3,(H,39,46)/t33-/m0/s1. The first-order chi connectivity index (χ1) is 22.8. The lowest BCUT2D eigenvalue weighted by Gasteiger charge is -2.45. The maximum absolute atomic E-state index is 14.3. The molecule has 0 unspecified atom stereocenters. The van der Waals surface area contributed by atoms with Gasteiger partial charge in [-0.25, -0.2) is 14.4 Å². The summed E-state index contributed by atoms with van der Waals surface area (Å²) in [5, 5.41) is 2.53. The van der Waals surface area contributed by atoms with Crippen LogP contribution in [0, 0.1) is 0 Å². The molecule has 1 N–H and O–H groups in total. The molecule has 2 aromatic rings. The van der Waals surface area contributed by atoms with E-state index in [2.05, 4.69) is 10.3 Å². The van der Waals surface area contributed by atoms with E-state index in [-0.39, 0.29) is 31.0 Å². The largest absolute Gasteiger partial charge is 0.444 e. The van der Waals surface area contributed by atoms with Crippen molar-refractivity contribution in [3.63, 3.8) is 0 Å². The Morgan fingerprint density at radius 2 is 1.63 bits per heavy atom. The Hall–Kier alpha value is -4.69. The number of benzene rings is 1. The number of carbonyl (C=O) groups excluding carboxylic acids is 5. The minimum atomic E-state index is -4.85. The summed E-state index contributed by atoms with van der Waals surface area (Å²) in [6, 6.07) is 12.6. The number of ether oxygens (including phenoxy) is 1. The normalized spacial score (nSPS) is 18.3. The van der Waals surface area contributed by atoms with Crippen LogP contribution < -0.4 is 5.32 Å². The van der Waals surface area contributed by atoms with Gasteiger partial charge in [-0.1, -0.05) is 36.4 Å². The average Bonchev–Trinajstić information content (AvgIpc) is 3.20. The van der Waals surface area contributed by atoms with Crippen LogP contribution >= 0.6 is 0 Å². The van der Waals surface area contributed by atoms with Crippen LogP contribution in [0.5, 0.6) is 0 Å². The van der Waals surface area contributed by atoms with Crippen molar-refractivity contribution >= 4 is 30.0 Å². The molecule has 0 aliphatic carbocycles. The number of halogens is 3. The van der Waals surface area contributed by atoms with Crippen molar-refractivity contribution in [3.8, 4) is 0 Å². The van der Waals surface area contributed by atoms with Crippen molar-refractivity contribution < 1.29 is 41.9 Å². The highest BCUT2D eigenvalue weighted by molar-refractivity contribution is 6.08. The molecule has 266 valence electrons. The lowest BCUT2D eigenvalue weighted by molar-refractivity contribution is -0.156. The molecule has 15 heteroatoms. The van der Waals surface area contributed by atoms with Crippen LogP contribution in [0.1, 0.15) is 58.7 Å². The molecule has 4 rings (SSSR count). The number of urea groups is 2. The highest BCUT2D eigenvalue weighted by atomic mass is 19.4. The van der Waals surface area contributed by atoms with E-state index in [4.69, 9.17) is 4.74 Å². The van der Waals surface area contributed by atoms with Gasteiger partial charge < -0.3 is 19.9 Å². The summed E-state index contributed by atoms with van der Waals surface area (Å²) >= 11 is 0. The maximum atomic E-state index is 14.3. The van der Waals surface area contributed by atoms with Crippen molar-refractivity contribution in [2.24, 2.45) is 0 Å². The summed E-state index contributed by atoms with van der Waals surface area (Å²) in [4.78, 5) is 75.8. The molecule has 3 heterocycles. The number of pyridine rings is 1. The van der Waals surface area contributed by atoms with E-state index in [0.717, 1.165) is 15.4 Å². The number of nitrogens with zero attached hydrogens (tertiary/aromatic N) is 5. The van der Waals surface area contributed by atoms with Gasteiger partial charge in [0.15, 0.2) is 0 Å². The number of alkyl halides is 3. The Kier molecular flexibility index (Phi) is 10.9. The van der Waals surface area contributed by atoms with Gasteiger partial charge in [0.25, 0.3) is 11.8 Å². The predicted octanol–water partition coefficient (Wildman–Crippen LogP) is 4.78. The fourth-order valence-corrected chi connectivity index (χ4v) is 6.02. The number of fused-ring (bicyclic) bond motifs is 1. The van der Waals surface area contributed by atoms with E-state index in [1.54, 1.807) is 39.0 Å². The van der Waals surface area contributed by atoms with E-state index in [9.17, 15) is 37.1 Å². The zero-order valence-electron chi connectivity index (χ0n) is 28.4. The van der Waals surface area contributed by atoms with E-state index < -0.39 is 65.9 Å². The Morgan fingerprint density at radius 3 is 2.24 bits per heavy atom. The van der Waals surface area contributed by atoms with Crippen LogP contribution in [0.15, 0.2) is 54.7 Å². The molecule has 0 bridgehead atoms. The molecule has 12 nitrogen and oxygen atoms in total. The van der Waals surface area contributed by atoms with Crippen LogP contribution in [0.3, 0.4) is 0 Å². The highest BCUT2D eigenvalue weighted by Gasteiger charge is 2.62. The minimum Gasteiger partial charge on any atom is -0.444 e. The fraction of sp³-hybridized carbons (Fsp3) is 0.529. The number of alkyl carbamates (subject to hydrolysis) is 1. The molecule has 2 fully saturated rings. The second kappa shape index (κ2) is 14.4. The zero-order chi connectivity index (χ0) is 36.2. The number of aromatic nitrogens is 1. The molecule has 2 aliphatic rings. The average molecular weight is 689 g/mol. The third kappa shape index (κ3) is 9.06. The first-order valence-corrected chi connectivity index (χ1v) is 16.1. The number of unbranched alkanes of at least 4 members (excludes halogenated alkanes) is 1. The minimum absolute atomic E-state index is 0.0511. The van der Waals surface area contributed by atoms with Crippen LogP contribution in [0.4, 0.5) is 27.6 Å². The SMILES string of the molecule is CC(C)(C)OC(=O)NC(C)(C)C(=O)N(CCCCc1ccccc1)C(=O)N1CCN2C(=O)N(CC(F)(F)F)C(=O)[C@]2(Cc2ccccn2)C1. The number of rotatable bonds is 10. The van der Waals surface area contributed by atoms with Crippen molar-refractivity contribution in [1.29, 1.82) is 0 Å². The maximum Gasteiger partial charge on any atom is 0.408 e. The third-order valence-corrected chi connectivity index (χ3v) is 8.24. The van der Waals surface area contributed by atoms with Crippen molar-refractivity contribution in [2.45, 2.75) is 83.2 Å². The van der Waals surface area contributed by atoms with Gasteiger partial charge in [-0.3, -0.25) is 24.4 Å². The van der Waals surface area contributed by atoms with Gasteiger partial charge in [-0.05, 0) is 71.6 Å². The van der Waals surface area contributed by atoms with Gasteiger partial charge in [-0.2, -0.15) is 13.2 Å². The Labute approximate surface area is 283 Å². The first-order valence-electron chi connectivity index (χ1n) is 16.1. The molecule has 1 aromatic heterocycles. The summed E-state index contributed by atoms with van der Waals surface area (Å²) < 4.78 is 45.9. The summed E-state index contributed by atoms with van der Waals surface area (Å²) in [5.74, 6) is -1.86. The second-order valence-electron chi connectivity index (χ2n) is 13.8. The first kappa shape index (κ1) is 37.1. The number of piperazine rings is 1. The lowest BCUT2D eigenvalue weighted by Crippen LogP contribution is -2.67. The van der Waals surface area contributed by atoms with Gasteiger partial charge in [-0.15, -0.1) is 0 Å². The molecule has 49 heavy (non-hydrogen) atoms. The van der Waals surface area contributed by atoms with Gasteiger partial charge in [0.05, 0.1) is 6.54 Å². The van der Waals surface area contributed by atoms with Crippen molar-refractivity contribution in [3.05, 3.63) is 66.0 Å². The Bertz CT molecular complexity index is 1530. The Morgan fingerprint density at radius 1 is 0.959 bits per heavy atom. The molecular weight excluding hydrogens is 645 g/mol. The van der Waals surface area contributed by atoms with Gasteiger partial charge in [0, 0.05) is 37.9 Å². The summed E-state index contributed by atoms with van der Waals surface area (Å²) in [7, 11) is 0. The van der Waals surface area contributed by atoms with Gasteiger partial charge in [0.2, 0.25) is 0 Å². The molecule has 2 saturated heterocycles. The fourth-order valence-electron chi connectivity index (χ4n) is 6.02. The summed E-state index contributed by atoms with van der Waals surface area (Å²) in [5.41, 5.74) is -2.97. The Balaban J connectivity index is 1.63. The summed E-state index contributed by atoms with van der Waals surface area (Å²) in [6.45, 7) is 5.12. The van der Waals surface area contributed by atoms with Crippen molar-refractivity contribution in [1.82, 2.24) is 29.9 Å². The van der Waals surface area contributed by atoms with Gasteiger partial charge in [0.1, 0.15) is 23.2 Å². The van der Waals surface area contributed by atoms with Crippen LogP contribution in [0.2, 0.25) is 0 Å². The second-order valence-corrected chi connectivity index (χ2v) is 13.8. The molecule has 1 aromatic carbocycles. The quantitative estimate of drug-likeness (QED) is 0.281. The van der Waals surface area contributed by atoms with Crippen LogP contribution in [0.25, 0.3) is 0 Å². The molecule has 0 radical (unpaired) electrons. The van der Waals surface area contributed by atoms with Crippen molar-refractivity contribution in [2.75, 3.05) is 32.7 Å². The van der Waals surface area contributed by atoms with Crippen LogP contribution in [-0.4, -0.2) is 110 Å². The van der Waals surface area contributed by atoms with E-state index in [1.165, 1.54) is 24.9 Å². The number of carbonyl (C=O) groups is 5. The van der Waals surface area contributed by atoms with Gasteiger partial charge >= 0.3 is 24.3 Å². The monoisotopic (exact) mass is 688 g/mol. The number of hydrogen-bond acceptors (Lipinski definition) is 7. The summed E-state index contributed by atoms with van der Waals surface area (Å²) in [6.07, 6.45) is -2.85. The number of amides is 7. The lowest BCUT2D eigenvalue weighted by atomic mass is 9.88. The molecule has 0 saturated carbocycles. The van der Waals surface area contributed by atoms with E-state index >= 15 is 0 Å². The number of imide groups is 2. The smallest absolute Gasteiger partial charge is 0.408 e. The number of nitrogens with one attached hydrogen (secondary N) is 1. The molecule has 2 aliphatic heterocycles. The van der Waals surface area contributed by atoms with E-state index in [0.29, 0.717) is 25.0 Å². The topological polar surface area (TPSA) is 132 Å². The number of aryl methyl sites for hydroxylation is 1. The third-order valence-electron chi connectivity index (χ3n) is 8.24. The number of hydrogen-bond donors (Lipinski definition) is 1. The molecule has 7 amide bonds.